The molecular weight excluding hydrogens is 430 g/mol. The summed E-state index contributed by atoms with van der Waals surface area (Å²) in [7, 11) is 0. The van der Waals surface area contributed by atoms with Gasteiger partial charge in [-0.2, -0.15) is 0 Å². The summed E-state index contributed by atoms with van der Waals surface area (Å²) >= 11 is 3.44. The molecule has 0 atom stereocenters. The van der Waals surface area contributed by atoms with Gasteiger partial charge in [-0.15, -0.1) is 0 Å². The minimum absolute atomic E-state index is 0.0887. The standard InChI is InChI=1S/C23H24BrN3O2/c1-14-6-5-7-15(2)22(14)26-21(28)13-25-23(29)20-12-16(3)27(17(20)4)19-10-8-18(24)9-11-19/h5-12H,13H2,1-4H3,(H,25,29)(H,26,28). The average Bonchev–Trinajstić information content (AvgIpc) is 2.98. The van der Waals surface area contributed by atoms with Crippen molar-refractivity contribution in [3.63, 3.8) is 0 Å². The fraction of sp³-hybridized carbons (Fsp3) is 0.217. The van der Waals surface area contributed by atoms with Crippen molar-refractivity contribution < 1.29 is 9.59 Å². The molecule has 2 aromatic carbocycles. The van der Waals surface area contributed by atoms with E-state index in [4.69, 9.17) is 0 Å². The number of rotatable bonds is 5. The third-order valence-corrected chi connectivity index (χ3v) is 5.44. The van der Waals surface area contributed by atoms with E-state index in [1.165, 1.54) is 0 Å². The zero-order valence-corrected chi connectivity index (χ0v) is 18.6. The van der Waals surface area contributed by atoms with E-state index in [1.54, 1.807) is 0 Å². The maximum absolute atomic E-state index is 12.7. The molecular formula is C23H24BrN3O2. The number of aromatic nitrogens is 1. The molecule has 0 saturated carbocycles. The zero-order chi connectivity index (χ0) is 21.1. The van der Waals surface area contributed by atoms with E-state index in [9.17, 15) is 9.59 Å². The number of carbonyl (C=O) groups excluding carboxylic acids is 2. The summed E-state index contributed by atoms with van der Waals surface area (Å²) in [5.74, 6) is -0.518. The maximum atomic E-state index is 12.7. The van der Waals surface area contributed by atoms with Gasteiger partial charge in [-0.05, 0) is 69.2 Å². The maximum Gasteiger partial charge on any atom is 0.253 e. The van der Waals surface area contributed by atoms with Gasteiger partial charge in [-0.1, -0.05) is 34.1 Å². The highest BCUT2D eigenvalue weighted by Crippen LogP contribution is 2.22. The lowest BCUT2D eigenvalue weighted by molar-refractivity contribution is -0.115. The highest BCUT2D eigenvalue weighted by atomic mass is 79.9. The second kappa shape index (κ2) is 8.66. The molecule has 29 heavy (non-hydrogen) atoms. The van der Waals surface area contributed by atoms with Gasteiger partial charge in [-0.3, -0.25) is 9.59 Å². The number of benzene rings is 2. The lowest BCUT2D eigenvalue weighted by atomic mass is 10.1. The van der Waals surface area contributed by atoms with Gasteiger partial charge in [0.05, 0.1) is 12.1 Å². The molecule has 0 saturated heterocycles. The SMILES string of the molecule is Cc1cccc(C)c1NC(=O)CNC(=O)c1cc(C)n(-c2ccc(Br)cc2)c1C. The number of anilines is 1. The van der Waals surface area contributed by atoms with E-state index in [0.29, 0.717) is 5.56 Å². The number of hydrogen-bond acceptors (Lipinski definition) is 2. The fourth-order valence-electron chi connectivity index (χ4n) is 3.43. The second-order valence-corrected chi connectivity index (χ2v) is 8.01. The number of amides is 2. The van der Waals surface area contributed by atoms with Crippen molar-refractivity contribution in [2.24, 2.45) is 0 Å². The van der Waals surface area contributed by atoms with E-state index < -0.39 is 0 Å². The summed E-state index contributed by atoms with van der Waals surface area (Å²) < 4.78 is 3.02. The Morgan fingerprint density at radius 3 is 2.21 bits per heavy atom. The van der Waals surface area contributed by atoms with Crippen molar-refractivity contribution in [1.29, 1.82) is 0 Å². The molecule has 1 aromatic heterocycles. The number of nitrogens with one attached hydrogen (secondary N) is 2. The Bertz CT molecular complexity index is 1050. The van der Waals surface area contributed by atoms with E-state index in [1.807, 2.05) is 80.8 Å². The first-order chi connectivity index (χ1) is 13.8. The number of carbonyl (C=O) groups is 2. The predicted molar refractivity (Wildman–Crippen MR) is 120 cm³/mol. The van der Waals surface area contributed by atoms with Crippen LogP contribution in [0.2, 0.25) is 0 Å². The van der Waals surface area contributed by atoms with Crippen LogP contribution in [0.1, 0.15) is 32.9 Å². The molecule has 5 nitrogen and oxygen atoms in total. The van der Waals surface area contributed by atoms with Crippen LogP contribution in [0, 0.1) is 27.7 Å². The third kappa shape index (κ3) is 4.59. The van der Waals surface area contributed by atoms with Crippen LogP contribution < -0.4 is 10.6 Å². The molecule has 0 aliphatic heterocycles. The molecule has 0 bridgehead atoms. The lowest BCUT2D eigenvalue weighted by Gasteiger charge is -2.12. The minimum atomic E-state index is -0.266. The predicted octanol–water partition coefficient (Wildman–Crippen LogP) is 4.84. The quantitative estimate of drug-likeness (QED) is 0.580. The number of aryl methyl sites for hydroxylation is 3. The molecule has 3 aromatic rings. The smallest absolute Gasteiger partial charge is 0.253 e. The van der Waals surface area contributed by atoms with E-state index in [-0.39, 0.29) is 18.4 Å². The van der Waals surface area contributed by atoms with Crippen LogP contribution in [0.5, 0.6) is 0 Å². The summed E-state index contributed by atoms with van der Waals surface area (Å²) in [6.45, 7) is 7.66. The monoisotopic (exact) mass is 453 g/mol. The Morgan fingerprint density at radius 2 is 1.59 bits per heavy atom. The van der Waals surface area contributed by atoms with Crippen LogP contribution in [0.3, 0.4) is 0 Å². The molecule has 0 unspecified atom stereocenters. The van der Waals surface area contributed by atoms with E-state index in [0.717, 1.165) is 38.4 Å². The van der Waals surface area contributed by atoms with Gasteiger partial charge in [0, 0.05) is 27.2 Å². The zero-order valence-electron chi connectivity index (χ0n) is 17.0. The molecule has 0 aliphatic carbocycles. The number of halogens is 1. The summed E-state index contributed by atoms with van der Waals surface area (Å²) in [4.78, 5) is 25.0. The van der Waals surface area contributed by atoms with Crippen LogP contribution in [-0.4, -0.2) is 22.9 Å². The van der Waals surface area contributed by atoms with Gasteiger partial charge in [0.25, 0.3) is 5.91 Å². The normalized spacial score (nSPS) is 10.7. The summed E-state index contributed by atoms with van der Waals surface area (Å²) in [6.07, 6.45) is 0. The van der Waals surface area contributed by atoms with Crippen molar-refractivity contribution in [2.75, 3.05) is 11.9 Å². The Balaban J connectivity index is 1.71. The highest BCUT2D eigenvalue weighted by molar-refractivity contribution is 9.10. The molecule has 0 spiro atoms. The summed E-state index contributed by atoms with van der Waals surface area (Å²) in [5.41, 5.74) is 6.10. The molecule has 0 aliphatic rings. The second-order valence-electron chi connectivity index (χ2n) is 7.09. The molecule has 0 fully saturated rings. The van der Waals surface area contributed by atoms with E-state index >= 15 is 0 Å². The summed E-state index contributed by atoms with van der Waals surface area (Å²) in [6, 6.07) is 15.6. The van der Waals surface area contributed by atoms with Gasteiger partial charge in [0.15, 0.2) is 0 Å². The Kier molecular flexibility index (Phi) is 6.23. The Labute approximate surface area is 179 Å². The minimum Gasteiger partial charge on any atom is -0.343 e. The topological polar surface area (TPSA) is 63.1 Å². The van der Waals surface area contributed by atoms with Crippen LogP contribution in [0.25, 0.3) is 5.69 Å². The van der Waals surface area contributed by atoms with E-state index in [2.05, 4.69) is 26.6 Å². The lowest BCUT2D eigenvalue weighted by Crippen LogP contribution is -2.33. The first-order valence-corrected chi connectivity index (χ1v) is 10.2. The van der Waals surface area contributed by atoms with Crippen molar-refractivity contribution in [2.45, 2.75) is 27.7 Å². The summed E-state index contributed by atoms with van der Waals surface area (Å²) in [5, 5.41) is 5.61. The van der Waals surface area contributed by atoms with Crippen molar-refractivity contribution in [1.82, 2.24) is 9.88 Å². The van der Waals surface area contributed by atoms with Gasteiger partial charge in [0.1, 0.15) is 0 Å². The van der Waals surface area contributed by atoms with Crippen molar-refractivity contribution in [3.05, 3.63) is 81.1 Å². The molecule has 3 rings (SSSR count). The van der Waals surface area contributed by atoms with Gasteiger partial charge >= 0.3 is 0 Å². The molecule has 1 heterocycles. The third-order valence-electron chi connectivity index (χ3n) is 4.92. The van der Waals surface area contributed by atoms with Gasteiger partial charge < -0.3 is 15.2 Å². The van der Waals surface area contributed by atoms with Crippen LogP contribution in [-0.2, 0) is 4.79 Å². The van der Waals surface area contributed by atoms with Gasteiger partial charge in [0.2, 0.25) is 5.91 Å². The van der Waals surface area contributed by atoms with Crippen LogP contribution in [0.15, 0.2) is 53.0 Å². The average molecular weight is 454 g/mol. The van der Waals surface area contributed by atoms with Gasteiger partial charge in [-0.25, -0.2) is 0 Å². The Hall–Kier alpha value is -2.86. The first kappa shape index (κ1) is 20.9. The molecule has 6 heteroatoms. The number of hydrogen-bond donors (Lipinski definition) is 2. The number of nitrogens with zero attached hydrogens (tertiary/aromatic N) is 1. The highest BCUT2D eigenvalue weighted by Gasteiger charge is 2.17. The van der Waals surface area contributed by atoms with Crippen molar-refractivity contribution >= 4 is 33.4 Å². The fourth-order valence-corrected chi connectivity index (χ4v) is 3.70. The van der Waals surface area contributed by atoms with Crippen molar-refractivity contribution in [3.8, 4) is 5.69 Å². The number of para-hydroxylation sites is 1. The molecule has 2 N–H and O–H groups in total. The molecule has 150 valence electrons. The van der Waals surface area contributed by atoms with Crippen LogP contribution in [0.4, 0.5) is 5.69 Å². The van der Waals surface area contributed by atoms with Crippen LogP contribution >= 0.6 is 15.9 Å². The first-order valence-electron chi connectivity index (χ1n) is 9.37. The Morgan fingerprint density at radius 1 is 0.966 bits per heavy atom. The largest absolute Gasteiger partial charge is 0.343 e. The molecule has 2 amide bonds. The molecule has 0 radical (unpaired) electrons.